The highest BCUT2D eigenvalue weighted by atomic mass is 32.2. The van der Waals surface area contributed by atoms with Gasteiger partial charge in [-0.15, -0.1) is 4.83 Å². The zero-order valence-corrected chi connectivity index (χ0v) is 16.7. The number of amides is 1. The first-order chi connectivity index (χ1) is 14.4. The van der Waals surface area contributed by atoms with E-state index in [4.69, 9.17) is 4.74 Å². The van der Waals surface area contributed by atoms with Crippen molar-refractivity contribution in [2.45, 2.75) is 12.3 Å². The van der Waals surface area contributed by atoms with E-state index in [1.165, 1.54) is 16.8 Å². The maximum absolute atomic E-state index is 12.3. The summed E-state index contributed by atoms with van der Waals surface area (Å²) in [6.07, 6.45) is 3.02. The van der Waals surface area contributed by atoms with E-state index < -0.39 is 21.9 Å². The summed E-state index contributed by atoms with van der Waals surface area (Å²) in [5, 5.41) is 0. The molecule has 30 heavy (non-hydrogen) atoms. The van der Waals surface area contributed by atoms with Crippen LogP contribution in [-0.2, 0) is 27.1 Å². The molecule has 0 bridgehead atoms. The summed E-state index contributed by atoms with van der Waals surface area (Å²) >= 11 is 0. The predicted octanol–water partition coefficient (Wildman–Crippen LogP) is 1.34. The van der Waals surface area contributed by atoms with Gasteiger partial charge in [-0.3, -0.25) is 10.2 Å². The van der Waals surface area contributed by atoms with Crippen molar-refractivity contribution in [3.8, 4) is 5.75 Å². The fraction of sp³-hybridized carbons (Fsp3) is 0.0952. The molecule has 2 aromatic carbocycles. The maximum atomic E-state index is 12.3. The van der Waals surface area contributed by atoms with Gasteiger partial charge in [0.25, 0.3) is 5.91 Å². The zero-order valence-electron chi connectivity index (χ0n) is 15.9. The molecule has 3 aromatic rings. The second-order valence-corrected chi connectivity index (χ2v) is 8.08. The van der Waals surface area contributed by atoms with Crippen molar-refractivity contribution in [1.29, 1.82) is 0 Å². The molecule has 3 rings (SSSR count). The lowest BCUT2D eigenvalue weighted by atomic mass is 10.2. The van der Waals surface area contributed by atoms with Crippen LogP contribution < -0.4 is 19.6 Å². The van der Waals surface area contributed by atoms with E-state index in [0.717, 1.165) is 0 Å². The fourth-order valence-electron chi connectivity index (χ4n) is 2.58. The Kier molecular flexibility index (Phi) is 6.89. The van der Waals surface area contributed by atoms with Crippen LogP contribution in [0.5, 0.6) is 5.75 Å². The van der Waals surface area contributed by atoms with Gasteiger partial charge >= 0.3 is 5.97 Å². The standard InChI is InChI=1S/C21H19N3O5S/c25-20(29-19-11-5-2-6-12-19)15-24-13-7-10-18(14-24)21(26)22-23-30(27,28)16-17-8-3-1-4-9-17/h1-14,23H,15-16H2/p+1. The monoisotopic (exact) mass is 426 g/mol. The van der Waals surface area contributed by atoms with Crippen LogP contribution in [0.3, 0.4) is 0 Å². The molecule has 9 heteroatoms. The van der Waals surface area contributed by atoms with E-state index in [9.17, 15) is 18.0 Å². The average molecular weight is 426 g/mol. The molecule has 0 fully saturated rings. The number of benzene rings is 2. The Hall–Kier alpha value is -3.56. The first-order valence-corrected chi connectivity index (χ1v) is 10.7. The van der Waals surface area contributed by atoms with Crippen LogP contribution in [0.4, 0.5) is 0 Å². The van der Waals surface area contributed by atoms with Crippen LogP contribution in [0.1, 0.15) is 15.9 Å². The summed E-state index contributed by atoms with van der Waals surface area (Å²) in [5.41, 5.74) is 2.94. The molecule has 1 aromatic heterocycles. The average Bonchev–Trinajstić information content (AvgIpc) is 2.73. The van der Waals surface area contributed by atoms with Gasteiger partial charge in [-0.05, 0) is 23.8 Å². The first kappa shape index (κ1) is 21.2. The van der Waals surface area contributed by atoms with Crippen LogP contribution in [0.2, 0.25) is 0 Å². The van der Waals surface area contributed by atoms with Gasteiger partial charge in [0.15, 0.2) is 12.4 Å². The summed E-state index contributed by atoms with van der Waals surface area (Å²) < 4.78 is 30.9. The minimum absolute atomic E-state index is 0.115. The molecule has 0 aliphatic carbocycles. The minimum atomic E-state index is -3.76. The van der Waals surface area contributed by atoms with Crippen LogP contribution in [0.25, 0.3) is 0 Å². The lowest BCUT2D eigenvalue weighted by molar-refractivity contribution is -0.685. The van der Waals surface area contributed by atoms with Crippen LogP contribution in [-0.4, -0.2) is 20.3 Å². The Bertz CT molecular complexity index is 1120. The molecule has 0 saturated carbocycles. The highest BCUT2D eigenvalue weighted by molar-refractivity contribution is 7.88. The van der Waals surface area contributed by atoms with Crippen molar-refractivity contribution in [2.75, 3.05) is 0 Å². The zero-order chi connectivity index (χ0) is 21.4. The van der Waals surface area contributed by atoms with Gasteiger partial charge in [0, 0.05) is 6.07 Å². The number of carbonyl (C=O) groups excluding carboxylic acids is 2. The van der Waals surface area contributed by atoms with Gasteiger partial charge in [-0.25, -0.2) is 13.2 Å². The normalized spacial score (nSPS) is 10.9. The van der Waals surface area contributed by atoms with Crippen LogP contribution in [0.15, 0.2) is 85.2 Å². The van der Waals surface area contributed by atoms with E-state index in [-0.39, 0.29) is 17.9 Å². The Morgan fingerprint density at radius 3 is 2.27 bits per heavy atom. The molecule has 154 valence electrons. The molecule has 2 N–H and O–H groups in total. The molecule has 0 spiro atoms. The van der Waals surface area contributed by atoms with Gasteiger partial charge in [0.2, 0.25) is 16.6 Å². The van der Waals surface area contributed by atoms with E-state index >= 15 is 0 Å². The molecule has 0 radical (unpaired) electrons. The third-order valence-electron chi connectivity index (χ3n) is 3.93. The summed E-state index contributed by atoms with van der Waals surface area (Å²) in [7, 11) is -3.76. The molecule has 0 saturated heterocycles. The number of ether oxygens (including phenoxy) is 1. The Morgan fingerprint density at radius 1 is 0.900 bits per heavy atom. The third kappa shape index (κ3) is 6.50. The number of hydrogen-bond acceptors (Lipinski definition) is 5. The molecule has 0 aliphatic heterocycles. The number of esters is 1. The van der Waals surface area contributed by atoms with Crippen LogP contribution in [0, 0.1) is 0 Å². The topological polar surface area (TPSA) is 105 Å². The number of aromatic nitrogens is 1. The molecule has 0 aliphatic rings. The maximum Gasteiger partial charge on any atom is 0.378 e. The minimum Gasteiger partial charge on any atom is -0.422 e. The Morgan fingerprint density at radius 2 is 1.57 bits per heavy atom. The van der Waals surface area contributed by atoms with Crippen molar-refractivity contribution in [3.05, 3.63) is 96.3 Å². The second-order valence-electron chi connectivity index (χ2n) is 6.35. The Balaban J connectivity index is 1.57. The van der Waals surface area contributed by atoms with E-state index in [0.29, 0.717) is 11.3 Å². The summed E-state index contributed by atoms with van der Waals surface area (Å²) in [6.45, 7) is -0.115. The smallest absolute Gasteiger partial charge is 0.378 e. The highest BCUT2D eigenvalue weighted by Gasteiger charge is 2.17. The molecule has 0 unspecified atom stereocenters. The van der Waals surface area contributed by atoms with Crippen molar-refractivity contribution in [2.24, 2.45) is 0 Å². The molecular weight excluding hydrogens is 406 g/mol. The highest BCUT2D eigenvalue weighted by Crippen LogP contribution is 2.08. The third-order valence-corrected chi connectivity index (χ3v) is 5.05. The first-order valence-electron chi connectivity index (χ1n) is 9.00. The van der Waals surface area contributed by atoms with Crippen molar-refractivity contribution in [1.82, 2.24) is 10.3 Å². The molecular formula is C21H20N3O5S+. The SMILES string of the molecule is O=C(C[n+]1cccc(C(=O)NNS(=O)(=O)Cc2ccccc2)c1)Oc1ccccc1. The number of para-hydroxylation sites is 1. The largest absolute Gasteiger partial charge is 0.422 e. The summed E-state index contributed by atoms with van der Waals surface area (Å²) in [6, 6.07) is 20.3. The van der Waals surface area contributed by atoms with Gasteiger partial charge in [-0.1, -0.05) is 48.5 Å². The number of hydrogen-bond donors (Lipinski definition) is 2. The predicted molar refractivity (Wildman–Crippen MR) is 108 cm³/mol. The van der Waals surface area contributed by atoms with Gasteiger partial charge < -0.3 is 4.74 Å². The molecule has 0 atom stereocenters. The van der Waals surface area contributed by atoms with Crippen LogP contribution >= 0.6 is 0 Å². The van der Waals surface area contributed by atoms with Crippen molar-refractivity contribution >= 4 is 21.9 Å². The number of nitrogens with zero attached hydrogens (tertiary/aromatic N) is 1. The number of pyridine rings is 1. The quantitative estimate of drug-likeness (QED) is 0.245. The second kappa shape index (κ2) is 9.77. The summed E-state index contributed by atoms with van der Waals surface area (Å²) in [4.78, 5) is 26.4. The summed E-state index contributed by atoms with van der Waals surface area (Å²) in [5.74, 6) is -1.01. The van der Waals surface area contributed by atoms with E-state index in [2.05, 4.69) is 10.3 Å². The van der Waals surface area contributed by atoms with Gasteiger partial charge in [-0.2, -0.15) is 4.57 Å². The molecule has 8 nitrogen and oxygen atoms in total. The lowest BCUT2D eigenvalue weighted by Crippen LogP contribution is -2.44. The molecule has 1 amide bonds. The number of nitrogens with one attached hydrogen (secondary N) is 2. The van der Waals surface area contributed by atoms with E-state index in [1.54, 1.807) is 66.9 Å². The number of rotatable bonds is 8. The lowest BCUT2D eigenvalue weighted by Gasteiger charge is -2.08. The van der Waals surface area contributed by atoms with Crippen molar-refractivity contribution < 1.29 is 27.3 Å². The Labute approximate surface area is 174 Å². The van der Waals surface area contributed by atoms with Gasteiger partial charge in [0.1, 0.15) is 11.3 Å². The number of hydrazine groups is 1. The van der Waals surface area contributed by atoms with Crippen molar-refractivity contribution in [3.63, 3.8) is 0 Å². The van der Waals surface area contributed by atoms with Gasteiger partial charge in [0.05, 0.1) is 5.75 Å². The fourth-order valence-corrected chi connectivity index (χ4v) is 3.53. The molecule has 1 heterocycles. The van der Waals surface area contributed by atoms with E-state index in [1.807, 2.05) is 6.07 Å². The number of carbonyl (C=O) groups is 2. The number of sulfonamides is 1.